The summed E-state index contributed by atoms with van der Waals surface area (Å²) in [4.78, 5) is 22.5. The summed E-state index contributed by atoms with van der Waals surface area (Å²) in [6, 6.07) is 0. The Balaban J connectivity index is 4.28. The van der Waals surface area contributed by atoms with E-state index in [1.807, 2.05) is 0 Å². The van der Waals surface area contributed by atoms with Crippen molar-refractivity contribution in [3.05, 3.63) is 0 Å². The molecule has 0 aliphatic carbocycles. The molecule has 0 bridgehead atoms. The smallest absolute Gasteiger partial charge is 0.347 e. The van der Waals surface area contributed by atoms with Crippen molar-refractivity contribution in [2.75, 3.05) is 13.2 Å². The normalized spacial score (nSPS) is 13.1. The van der Waals surface area contributed by atoms with Crippen molar-refractivity contribution in [3.8, 4) is 0 Å². The zero-order chi connectivity index (χ0) is 12.8. The molecule has 0 saturated heterocycles. The molecule has 94 valence electrons. The highest BCUT2D eigenvalue weighted by Crippen LogP contribution is 2.04. The van der Waals surface area contributed by atoms with Gasteiger partial charge in [-0.2, -0.15) is 0 Å². The second-order valence-electron chi connectivity index (χ2n) is 3.31. The highest BCUT2D eigenvalue weighted by molar-refractivity contribution is 5.83. The molecule has 0 aromatic rings. The van der Waals surface area contributed by atoms with Crippen LogP contribution in [0, 0.1) is 0 Å². The van der Waals surface area contributed by atoms with Gasteiger partial charge in [0.15, 0.2) is 11.8 Å². The van der Waals surface area contributed by atoms with Crippen molar-refractivity contribution in [3.63, 3.8) is 0 Å². The third-order valence-electron chi connectivity index (χ3n) is 1.81. The minimum absolute atomic E-state index is 0.151. The zero-order valence-electron chi connectivity index (χ0n) is 9.43. The number of nitrogens with two attached hydrogens (primary N) is 2. The minimum atomic E-state index is -1.80. The maximum absolute atomic E-state index is 11.4. The Morgan fingerprint density at radius 3 is 2.44 bits per heavy atom. The van der Waals surface area contributed by atoms with Crippen LogP contribution in [-0.2, 0) is 19.1 Å². The molecule has 0 fully saturated rings. The van der Waals surface area contributed by atoms with Crippen LogP contribution in [0.1, 0.15) is 20.3 Å². The highest BCUT2D eigenvalue weighted by atomic mass is 16.6. The van der Waals surface area contributed by atoms with E-state index in [9.17, 15) is 9.59 Å². The molecule has 1 unspecified atom stereocenters. The van der Waals surface area contributed by atoms with Crippen molar-refractivity contribution < 1.29 is 24.2 Å². The number of aliphatic hydroxyl groups excluding tert-OH is 1. The average Bonchev–Trinajstić information content (AvgIpc) is 2.17. The van der Waals surface area contributed by atoms with Crippen LogP contribution in [0.4, 0.5) is 0 Å². The number of esters is 2. The van der Waals surface area contributed by atoms with Crippen LogP contribution >= 0.6 is 0 Å². The topological polar surface area (TPSA) is 125 Å². The fraction of sp³-hybridized carbons (Fsp3) is 0.778. The number of aliphatic hydroxyl groups is 1. The van der Waals surface area contributed by atoms with Gasteiger partial charge in [-0.15, -0.1) is 0 Å². The molecule has 16 heavy (non-hydrogen) atoms. The molecule has 0 aromatic carbocycles. The summed E-state index contributed by atoms with van der Waals surface area (Å²) in [5, 5.41) is 8.62. The summed E-state index contributed by atoms with van der Waals surface area (Å²) in [6.45, 7) is 2.82. The van der Waals surface area contributed by atoms with Crippen LogP contribution in [-0.4, -0.2) is 42.0 Å². The lowest BCUT2D eigenvalue weighted by molar-refractivity contribution is -0.170. The summed E-state index contributed by atoms with van der Waals surface area (Å²) in [5.74, 6) is -1.63. The summed E-state index contributed by atoms with van der Waals surface area (Å²) in [6.07, 6.45) is -1.22. The number of hydrogen-bond acceptors (Lipinski definition) is 7. The zero-order valence-corrected chi connectivity index (χ0v) is 9.43. The first-order valence-corrected chi connectivity index (χ1v) is 4.91. The summed E-state index contributed by atoms with van der Waals surface area (Å²) < 4.78 is 9.34. The molecule has 0 aliphatic rings. The van der Waals surface area contributed by atoms with Crippen molar-refractivity contribution in [2.24, 2.45) is 11.5 Å². The van der Waals surface area contributed by atoms with Gasteiger partial charge in [-0.05, 0) is 13.8 Å². The molecule has 0 amide bonds. The van der Waals surface area contributed by atoms with E-state index in [1.54, 1.807) is 6.92 Å². The van der Waals surface area contributed by atoms with Crippen LogP contribution in [0.25, 0.3) is 0 Å². The van der Waals surface area contributed by atoms with Gasteiger partial charge in [0.05, 0.1) is 6.61 Å². The van der Waals surface area contributed by atoms with Crippen LogP contribution in [0.3, 0.4) is 0 Å². The lowest BCUT2D eigenvalue weighted by Gasteiger charge is -2.23. The fourth-order valence-electron chi connectivity index (χ4n) is 0.865. The predicted octanol–water partition coefficient (Wildman–Crippen LogP) is -1.52. The van der Waals surface area contributed by atoms with Gasteiger partial charge in [0.2, 0.25) is 0 Å². The number of carbonyl (C=O) groups is 2. The summed E-state index contributed by atoms with van der Waals surface area (Å²) in [5.41, 5.74) is 8.97. The first kappa shape index (κ1) is 14.8. The molecule has 0 saturated carbocycles. The molecule has 1 atom stereocenters. The van der Waals surface area contributed by atoms with Crippen LogP contribution < -0.4 is 11.5 Å². The highest BCUT2D eigenvalue weighted by Gasteiger charge is 2.33. The van der Waals surface area contributed by atoms with Crippen LogP contribution in [0.2, 0.25) is 0 Å². The second kappa shape index (κ2) is 6.41. The van der Waals surface area contributed by atoms with Gasteiger partial charge in [-0.25, -0.2) is 9.59 Å². The quantitative estimate of drug-likeness (QED) is 0.376. The average molecular weight is 234 g/mol. The Labute approximate surface area is 93.7 Å². The molecule has 0 radical (unpaired) electrons. The first-order valence-electron chi connectivity index (χ1n) is 4.91. The standard InChI is InChI=1S/C9H18N2O5/c1-3-15-7(13)6(2)16-8(14)9(10,11)4-5-12/h6,12H,3-5,10-11H2,1-2H3. The minimum Gasteiger partial charge on any atom is -0.463 e. The van der Waals surface area contributed by atoms with Gasteiger partial charge >= 0.3 is 11.9 Å². The molecule has 0 heterocycles. The van der Waals surface area contributed by atoms with Crippen LogP contribution in [0.5, 0.6) is 0 Å². The van der Waals surface area contributed by atoms with Crippen molar-refractivity contribution >= 4 is 11.9 Å². The third-order valence-corrected chi connectivity index (χ3v) is 1.81. The molecule has 0 spiro atoms. The first-order chi connectivity index (χ1) is 7.35. The molecule has 7 nitrogen and oxygen atoms in total. The Morgan fingerprint density at radius 2 is 2.00 bits per heavy atom. The maximum atomic E-state index is 11.4. The van der Waals surface area contributed by atoms with Gasteiger partial charge < -0.3 is 26.0 Å². The van der Waals surface area contributed by atoms with Crippen molar-refractivity contribution in [2.45, 2.75) is 32.0 Å². The number of hydrogen-bond donors (Lipinski definition) is 3. The van der Waals surface area contributed by atoms with Gasteiger partial charge in [0, 0.05) is 13.0 Å². The fourth-order valence-corrected chi connectivity index (χ4v) is 0.865. The second-order valence-corrected chi connectivity index (χ2v) is 3.31. The van der Waals surface area contributed by atoms with E-state index in [4.69, 9.17) is 21.3 Å². The summed E-state index contributed by atoms with van der Waals surface area (Å²) in [7, 11) is 0. The van der Waals surface area contributed by atoms with Crippen molar-refractivity contribution in [1.29, 1.82) is 0 Å². The van der Waals surface area contributed by atoms with Gasteiger partial charge in [0.25, 0.3) is 0 Å². The SMILES string of the molecule is CCOC(=O)C(C)OC(=O)C(N)(N)CCO. The van der Waals surface area contributed by atoms with E-state index < -0.39 is 23.7 Å². The Hall–Kier alpha value is -1.18. The molecular weight excluding hydrogens is 216 g/mol. The molecule has 7 heteroatoms. The lowest BCUT2D eigenvalue weighted by atomic mass is 10.1. The van der Waals surface area contributed by atoms with E-state index in [0.717, 1.165) is 0 Å². The number of carbonyl (C=O) groups excluding carboxylic acids is 2. The van der Waals surface area contributed by atoms with Gasteiger partial charge in [-0.1, -0.05) is 0 Å². The molecule has 0 aliphatic heterocycles. The van der Waals surface area contributed by atoms with E-state index in [0.29, 0.717) is 0 Å². The molecule has 5 N–H and O–H groups in total. The third kappa shape index (κ3) is 4.56. The molecule has 0 rings (SSSR count). The maximum Gasteiger partial charge on any atom is 0.347 e. The number of rotatable bonds is 6. The summed E-state index contributed by atoms with van der Waals surface area (Å²) >= 11 is 0. The molecular formula is C9H18N2O5. The van der Waals surface area contributed by atoms with E-state index in [2.05, 4.69) is 4.74 Å². The Kier molecular flexibility index (Phi) is 5.94. The van der Waals surface area contributed by atoms with E-state index >= 15 is 0 Å². The predicted molar refractivity (Wildman–Crippen MR) is 55.0 cm³/mol. The van der Waals surface area contributed by atoms with Gasteiger partial charge in [0.1, 0.15) is 0 Å². The van der Waals surface area contributed by atoms with Crippen LogP contribution in [0.15, 0.2) is 0 Å². The van der Waals surface area contributed by atoms with Gasteiger partial charge in [-0.3, -0.25) is 0 Å². The van der Waals surface area contributed by atoms with Crippen molar-refractivity contribution in [1.82, 2.24) is 0 Å². The van der Waals surface area contributed by atoms with E-state index in [1.165, 1.54) is 6.92 Å². The largest absolute Gasteiger partial charge is 0.463 e. The number of ether oxygens (including phenoxy) is 2. The van der Waals surface area contributed by atoms with E-state index in [-0.39, 0.29) is 19.6 Å². The lowest BCUT2D eigenvalue weighted by Crippen LogP contribution is -2.58. The molecule has 0 aromatic heterocycles. The Morgan fingerprint density at radius 1 is 1.44 bits per heavy atom. The monoisotopic (exact) mass is 234 g/mol. The Bertz CT molecular complexity index is 254.